The number of halogens is 2. The quantitative estimate of drug-likeness (QED) is 0.277. The van der Waals surface area contributed by atoms with E-state index in [1.54, 1.807) is 24.3 Å². The molecular weight excluding hydrogens is 540 g/mol. The molecule has 1 saturated heterocycles. The molecule has 3 amide bonds. The number of hydrogen-bond donors (Lipinski definition) is 3. The van der Waals surface area contributed by atoms with E-state index in [9.17, 15) is 18.8 Å². The summed E-state index contributed by atoms with van der Waals surface area (Å²) in [6.07, 6.45) is 0. The fraction of sp³-hybridized carbons (Fsp3) is 0.156. The van der Waals surface area contributed by atoms with Gasteiger partial charge in [0.1, 0.15) is 11.6 Å². The number of carbonyl (C=O) groups excluding carboxylic acids is 3. The number of rotatable bonds is 5. The molecule has 42 heavy (non-hydrogen) atoms. The number of nitrogens with zero attached hydrogens (tertiary/aromatic N) is 2. The van der Waals surface area contributed by atoms with Crippen LogP contribution in [0.1, 0.15) is 31.1 Å². The van der Waals surface area contributed by atoms with E-state index in [2.05, 4.69) is 15.2 Å². The minimum atomic E-state index is -0.667. The molecule has 0 spiro atoms. The van der Waals surface area contributed by atoms with Crippen molar-refractivity contribution in [2.75, 3.05) is 38.5 Å². The Hall–Kier alpha value is -5.09. The second-order valence-electron chi connectivity index (χ2n) is 10.4. The van der Waals surface area contributed by atoms with Crippen molar-refractivity contribution in [3.63, 3.8) is 0 Å². The summed E-state index contributed by atoms with van der Waals surface area (Å²) < 4.78 is 28.6. The van der Waals surface area contributed by atoms with Gasteiger partial charge >= 0.3 is 0 Å². The number of nitrogens with one attached hydrogen (secondary N) is 2. The zero-order valence-electron chi connectivity index (χ0n) is 22.7. The maximum absolute atomic E-state index is 15.4. The van der Waals surface area contributed by atoms with E-state index < -0.39 is 23.4 Å². The van der Waals surface area contributed by atoms with E-state index in [1.807, 2.05) is 11.9 Å². The van der Waals surface area contributed by atoms with Crippen LogP contribution in [0.4, 0.5) is 14.5 Å². The van der Waals surface area contributed by atoms with Crippen molar-refractivity contribution in [3.8, 4) is 11.1 Å². The lowest BCUT2D eigenvalue weighted by atomic mass is 9.95. The van der Waals surface area contributed by atoms with Gasteiger partial charge in [-0.1, -0.05) is 12.1 Å². The van der Waals surface area contributed by atoms with Gasteiger partial charge in [0.25, 0.3) is 17.7 Å². The third-order valence-corrected chi connectivity index (χ3v) is 7.68. The third kappa shape index (κ3) is 4.97. The lowest BCUT2D eigenvalue weighted by Crippen LogP contribution is -2.47. The first-order valence-corrected chi connectivity index (χ1v) is 13.4. The minimum Gasteiger partial charge on any atom is -0.366 e. The number of piperazine rings is 1. The highest BCUT2D eigenvalue weighted by Gasteiger charge is 2.23. The van der Waals surface area contributed by atoms with Gasteiger partial charge in [0.05, 0.1) is 11.1 Å². The summed E-state index contributed by atoms with van der Waals surface area (Å²) in [5.41, 5.74) is 8.52. The van der Waals surface area contributed by atoms with Crippen molar-refractivity contribution >= 4 is 45.2 Å². The second-order valence-corrected chi connectivity index (χ2v) is 10.4. The molecule has 0 saturated carbocycles. The van der Waals surface area contributed by atoms with Gasteiger partial charge in [-0.05, 0) is 73.3 Å². The van der Waals surface area contributed by atoms with Gasteiger partial charge in [0.15, 0.2) is 0 Å². The van der Waals surface area contributed by atoms with Crippen molar-refractivity contribution in [2.24, 2.45) is 5.73 Å². The van der Waals surface area contributed by atoms with Crippen molar-refractivity contribution in [3.05, 3.63) is 101 Å². The molecule has 1 aliphatic heterocycles. The average molecular weight is 568 g/mol. The third-order valence-electron chi connectivity index (χ3n) is 7.68. The Labute approximate surface area is 239 Å². The van der Waals surface area contributed by atoms with Crippen LogP contribution in [-0.2, 0) is 0 Å². The van der Waals surface area contributed by atoms with Crippen LogP contribution < -0.4 is 11.1 Å². The number of anilines is 1. The molecule has 5 aromatic rings. The fourth-order valence-corrected chi connectivity index (χ4v) is 5.38. The van der Waals surface area contributed by atoms with E-state index in [0.29, 0.717) is 51.7 Å². The zero-order chi connectivity index (χ0) is 29.5. The number of benzene rings is 4. The molecule has 0 radical (unpaired) electrons. The minimum absolute atomic E-state index is 0.0927. The van der Waals surface area contributed by atoms with E-state index in [4.69, 9.17) is 5.73 Å². The summed E-state index contributed by atoms with van der Waals surface area (Å²) in [4.78, 5) is 45.8. The van der Waals surface area contributed by atoms with Gasteiger partial charge in [0.2, 0.25) is 0 Å². The van der Waals surface area contributed by atoms with Gasteiger partial charge in [0, 0.05) is 64.8 Å². The molecule has 2 heterocycles. The molecule has 0 atom stereocenters. The van der Waals surface area contributed by atoms with E-state index in [1.165, 1.54) is 48.5 Å². The highest BCUT2D eigenvalue weighted by molar-refractivity contribution is 6.20. The first kappa shape index (κ1) is 27.1. The number of likely N-dealkylation sites (N-methyl/N-ethyl adjacent to an activating group) is 1. The van der Waals surface area contributed by atoms with Crippen molar-refractivity contribution < 1.29 is 23.2 Å². The Balaban J connectivity index is 1.43. The summed E-state index contributed by atoms with van der Waals surface area (Å²) >= 11 is 0. The standard InChI is InChI=1S/C32H27F2N5O3/c1-38-12-14-39(15-13-38)32(42)19-2-8-23-27(17-19)37-29-24(30(35)40)10-9-22(28(23)29)25-16-18(3-11-26(25)34)31(41)36-21-6-4-20(33)5-7-21/h2-11,16-17,37H,12-15H2,1H3,(H2,35,40)(H,36,41). The molecule has 6 rings (SSSR count). The Morgan fingerprint density at radius 3 is 2.26 bits per heavy atom. The molecule has 1 aliphatic rings. The SMILES string of the molecule is CN1CCN(C(=O)c2ccc3c(c2)[nH]c2c(C(N)=O)ccc(-c4cc(C(=O)Nc5ccc(F)cc5)ccc4F)c23)CC1. The predicted molar refractivity (Wildman–Crippen MR) is 157 cm³/mol. The number of aromatic nitrogens is 1. The Morgan fingerprint density at radius 2 is 1.55 bits per heavy atom. The summed E-state index contributed by atoms with van der Waals surface area (Å²) in [6.45, 7) is 2.83. The predicted octanol–water partition coefficient (Wildman–Crippen LogP) is 5.01. The largest absolute Gasteiger partial charge is 0.366 e. The van der Waals surface area contributed by atoms with Crippen LogP contribution in [0.15, 0.2) is 72.8 Å². The maximum atomic E-state index is 15.4. The van der Waals surface area contributed by atoms with Crippen molar-refractivity contribution in [1.29, 1.82) is 0 Å². The maximum Gasteiger partial charge on any atom is 0.255 e. The lowest BCUT2D eigenvalue weighted by Gasteiger charge is -2.32. The Bertz CT molecular complexity index is 1880. The second kappa shape index (κ2) is 10.7. The zero-order valence-corrected chi connectivity index (χ0v) is 22.7. The van der Waals surface area contributed by atoms with Gasteiger partial charge in [-0.15, -0.1) is 0 Å². The number of aromatic amines is 1. The van der Waals surface area contributed by atoms with Crippen LogP contribution in [0.25, 0.3) is 32.9 Å². The van der Waals surface area contributed by atoms with Crippen LogP contribution in [0.2, 0.25) is 0 Å². The summed E-state index contributed by atoms with van der Waals surface area (Å²) in [6, 6.07) is 17.6. The smallest absolute Gasteiger partial charge is 0.255 e. The topological polar surface area (TPSA) is 112 Å². The van der Waals surface area contributed by atoms with E-state index in [0.717, 1.165) is 13.1 Å². The number of amides is 3. The molecule has 1 aromatic heterocycles. The summed E-state index contributed by atoms with van der Waals surface area (Å²) in [5.74, 6) is -2.27. The van der Waals surface area contributed by atoms with Crippen LogP contribution in [-0.4, -0.2) is 65.7 Å². The van der Waals surface area contributed by atoms with Crippen molar-refractivity contribution in [1.82, 2.24) is 14.8 Å². The van der Waals surface area contributed by atoms with Crippen LogP contribution in [0.3, 0.4) is 0 Å². The highest BCUT2D eigenvalue weighted by Crippen LogP contribution is 2.38. The van der Waals surface area contributed by atoms with Crippen LogP contribution in [0.5, 0.6) is 0 Å². The average Bonchev–Trinajstić information content (AvgIpc) is 3.37. The molecule has 8 nitrogen and oxygen atoms in total. The summed E-state index contributed by atoms with van der Waals surface area (Å²) in [5, 5.41) is 3.88. The first-order valence-electron chi connectivity index (χ1n) is 13.4. The Morgan fingerprint density at radius 1 is 0.833 bits per heavy atom. The normalized spacial score (nSPS) is 13.9. The molecular formula is C32H27F2N5O3. The number of carbonyl (C=O) groups is 3. The number of nitrogens with two attached hydrogens (primary N) is 1. The summed E-state index contributed by atoms with van der Waals surface area (Å²) in [7, 11) is 2.02. The molecule has 10 heteroatoms. The van der Waals surface area contributed by atoms with Gasteiger partial charge in [-0.25, -0.2) is 8.78 Å². The number of hydrogen-bond acceptors (Lipinski definition) is 4. The van der Waals surface area contributed by atoms with Gasteiger partial charge in [-0.2, -0.15) is 0 Å². The Kier molecular flexibility index (Phi) is 6.91. The highest BCUT2D eigenvalue weighted by atomic mass is 19.1. The van der Waals surface area contributed by atoms with E-state index >= 15 is 4.39 Å². The number of H-pyrrole nitrogens is 1. The lowest BCUT2D eigenvalue weighted by molar-refractivity contribution is 0.0664. The number of fused-ring (bicyclic) bond motifs is 3. The van der Waals surface area contributed by atoms with Crippen molar-refractivity contribution in [2.45, 2.75) is 0 Å². The van der Waals surface area contributed by atoms with E-state index in [-0.39, 0.29) is 22.6 Å². The molecule has 0 aliphatic carbocycles. The molecule has 4 aromatic carbocycles. The number of primary amides is 1. The van der Waals surface area contributed by atoms with Gasteiger partial charge in [-0.3, -0.25) is 14.4 Å². The molecule has 0 unspecified atom stereocenters. The van der Waals surface area contributed by atoms with Gasteiger partial charge < -0.3 is 25.8 Å². The monoisotopic (exact) mass is 567 g/mol. The fourth-order valence-electron chi connectivity index (χ4n) is 5.38. The molecule has 0 bridgehead atoms. The molecule has 212 valence electrons. The first-order chi connectivity index (χ1) is 20.2. The molecule has 4 N–H and O–H groups in total. The van der Waals surface area contributed by atoms with Crippen LogP contribution in [0, 0.1) is 11.6 Å². The molecule has 1 fully saturated rings. The van der Waals surface area contributed by atoms with Crippen LogP contribution >= 0.6 is 0 Å².